The third-order valence-electron chi connectivity index (χ3n) is 3.57. The molecule has 0 radical (unpaired) electrons. The number of sulfone groups is 1. The molecule has 122 valence electrons. The van der Waals surface area contributed by atoms with E-state index in [0.717, 1.165) is 0 Å². The zero-order valence-electron chi connectivity index (χ0n) is 12.6. The first-order chi connectivity index (χ1) is 10.5. The standard InChI is InChI=1S/C15H21NO5S/c1-20-13-4-2-3-5-14(13)21-8-6-15(17)16-10-12-7-9-22(18,19)11-12/h2-5,12H,6-11H2,1H3,(H,16,17)/t12-/m0/s1. The van der Waals surface area contributed by atoms with Gasteiger partial charge in [0.2, 0.25) is 5.91 Å². The second kappa shape index (κ2) is 7.49. The fourth-order valence-corrected chi connectivity index (χ4v) is 4.23. The normalized spacial score (nSPS) is 19.6. The van der Waals surface area contributed by atoms with Crippen molar-refractivity contribution in [3.05, 3.63) is 24.3 Å². The van der Waals surface area contributed by atoms with Gasteiger partial charge in [-0.05, 0) is 24.5 Å². The lowest BCUT2D eigenvalue weighted by Gasteiger charge is -2.11. The maximum absolute atomic E-state index is 11.7. The van der Waals surface area contributed by atoms with Gasteiger partial charge in [0.25, 0.3) is 0 Å². The third kappa shape index (κ3) is 4.91. The van der Waals surface area contributed by atoms with Gasteiger partial charge in [-0.2, -0.15) is 0 Å². The second-order valence-electron chi connectivity index (χ2n) is 5.32. The molecule has 1 aliphatic rings. The lowest BCUT2D eigenvalue weighted by Crippen LogP contribution is -2.30. The number of benzene rings is 1. The molecule has 0 unspecified atom stereocenters. The summed E-state index contributed by atoms with van der Waals surface area (Å²) >= 11 is 0. The van der Waals surface area contributed by atoms with Gasteiger partial charge in [-0.25, -0.2) is 8.42 Å². The molecule has 1 aromatic carbocycles. The first kappa shape index (κ1) is 16.6. The fourth-order valence-electron chi connectivity index (χ4n) is 2.37. The molecule has 0 bridgehead atoms. The minimum Gasteiger partial charge on any atom is -0.493 e. The van der Waals surface area contributed by atoms with Crippen molar-refractivity contribution < 1.29 is 22.7 Å². The molecule has 1 aromatic rings. The maximum atomic E-state index is 11.7. The van der Waals surface area contributed by atoms with E-state index in [1.54, 1.807) is 19.2 Å². The van der Waals surface area contributed by atoms with Crippen LogP contribution < -0.4 is 14.8 Å². The molecule has 1 saturated heterocycles. The average Bonchev–Trinajstić information content (AvgIpc) is 2.85. The summed E-state index contributed by atoms with van der Waals surface area (Å²) < 4.78 is 33.3. The van der Waals surface area contributed by atoms with Crippen molar-refractivity contribution >= 4 is 15.7 Å². The van der Waals surface area contributed by atoms with Crippen molar-refractivity contribution in [3.8, 4) is 11.5 Å². The van der Waals surface area contributed by atoms with Crippen LogP contribution in [0.5, 0.6) is 11.5 Å². The van der Waals surface area contributed by atoms with Gasteiger partial charge in [0, 0.05) is 6.54 Å². The third-order valence-corrected chi connectivity index (χ3v) is 5.41. The van der Waals surface area contributed by atoms with Gasteiger partial charge in [0.15, 0.2) is 21.3 Å². The molecule has 1 amide bonds. The molecule has 1 atom stereocenters. The molecule has 0 saturated carbocycles. The summed E-state index contributed by atoms with van der Waals surface area (Å²) in [6.45, 7) is 0.655. The lowest BCUT2D eigenvalue weighted by molar-refractivity contribution is -0.121. The quantitative estimate of drug-likeness (QED) is 0.808. The summed E-state index contributed by atoms with van der Waals surface area (Å²) in [5, 5.41) is 2.76. The van der Waals surface area contributed by atoms with Crippen LogP contribution in [0, 0.1) is 5.92 Å². The van der Waals surface area contributed by atoms with E-state index < -0.39 is 9.84 Å². The van der Waals surface area contributed by atoms with E-state index >= 15 is 0 Å². The van der Waals surface area contributed by atoms with E-state index in [1.165, 1.54) is 0 Å². The van der Waals surface area contributed by atoms with Gasteiger partial charge in [-0.15, -0.1) is 0 Å². The van der Waals surface area contributed by atoms with E-state index in [-0.39, 0.29) is 36.4 Å². The van der Waals surface area contributed by atoms with Gasteiger partial charge >= 0.3 is 0 Å². The molecule has 1 fully saturated rings. The zero-order valence-corrected chi connectivity index (χ0v) is 13.4. The summed E-state index contributed by atoms with van der Waals surface area (Å²) in [6, 6.07) is 7.24. The van der Waals surface area contributed by atoms with Gasteiger partial charge in [0.1, 0.15) is 0 Å². The first-order valence-electron chi connectivity index (χ1n) is 7.23. The summed E-state index contributed by atoms with van der Waals surface area (Å²) in [5.74, 6) is 1.51. The van der Waals surface area contributed by atoms with Crippen LogP contribution in [0.2, 0.25) is 0 Å². The predicted molar refractivity (Wildman–Crippen MR) is 82.9 cm³/mol. The molecule has 1 N–H and O–H groups in total. The molecule has 2 rings (SSSR count). The highest BCUT2D eigenvalue weighted by Crippen LogP contribution is 2.25. The number of carbonyl (C=O) groups excluding carboxylic acids is 1. The molecule has 0 spiro atoms. The molecule has 0 aromatic heterocycles. The Bertz CT molecular complexity index is 614. The number of nitrogens with one attached hydrogen (secondary N) is 1. The number of amides is 1. The largest absolute Gasteiger partial charge is 0.493 e. The second-order valence-corrected chi connectivity index (χ2v) is 7.55. The first-order valence-corrected chi connectivity index (χ1v) is 9.05. The van der Waals surface area contributed by atoms with Crippen LogP contribution in [-0.2, 0) is 14.6 Å². The van der Waals surface area contributed by atoms with Crippen LogP contribution in [0.4, 0.5) is 0 Å². The molecular weight excluding hydrogens is 306 g/mol. The van der Waals surface area contributed by atoms with Crippen LogP contribution in [0.1, 0.15) is 12.8 Å². The van der Waals surface area contributed by atoms with Crippen molar-refractivity contribution in [2.75, 3.05) is 31.8 Å². The topological polar surface area (TPSA) is 81.7 Å². The number of ether oxygens (including phenoxy) is 2. The molecule has 7 heteroatoms. The van der Waals surface area contributed by atoms with E-state index in [2.05, 4.69) is 5.32 Å². The predicted octanol–water partition coefficient (Wildman–Crippen LogP) is 1.02. The van der Waals surface area contributed by atoms with Crippen LogP contribution in [0.25, 0.3) is 0 Å². The Balaban J connectivity index is 1.68. The molecule has 22 heavy (non-hydrogen) atoms. The Hall–Kier alpha value is -1.76. The smallest absolute Gasteiger partial charge is 0.223 e. The van der Waals surface area contributed by atoms with Crippen molar-refractivity contribution in [1.82, 2.24) is 5.32 Å². The van der Waals surface area contributed by atoms with Crippen molar-refractivity contribution in [2.24, 2.45) is 5.92 Å². The SMILES string of the molecule is COc1ccccc1OCCC(=O)NC[C@@H]1CCS(=O)(=O)C1. The number of rotatable bonds is 7. The van der Waals surface area contributed by atoms with Crippen molar-refractivity contribution in [2.45, 2.75) is 12.8 Å². The van der Waals surface area contributed by atoms with Gasteiger partial charge in [-0.1, -0.05) is 12.1 Å². The molecule has 1 heterocycles. The van der Waals surface area contributed by atoms with E-state index in [9.17, 15) is 13.2 Å². The minimum atomic E-state index is -2.89. The van der Waals surface area contributed by atoms with Crippen LogP contribution >= 0.6 is 0 Å². The Kier molecular flexibility index (Phi) is 5.65. The highest BCUT2D eigenvalue weighted by molar-refractivity contribution is 7.91. The number of hydrogen-bond donors (Lipinski definition) is 1. The van der Waals surface area contributed by atoms with Gasteiger partial charge in [-0.3, -0.25) is 4.79 Å². The van der Waals surface area contributed by atoms with E-state index in [0.29, 0.717) is 24.5 Å². The van der Waals surface area contributed by atoms with E-state index in [1.807, 2.05) is 12.1 Å². The summed E-state index contributed by atoms with van der Waals surface area (Å²) in [7, 11) is -1.33. The monoisotopic (exact) mass is 327 g/mol. The fraction of sp³-hybridized carbons (Fsp3) is 0.533. The number of carbonyl (C=O) groups is 1. The number of para-hydroxylation sites is 2. The lowest BCUT2D eigenvalue weighted by atomic mass is 10.1. The average molecular weight is 327 g/mol. The van der Waals surface area contributed by atoms with Gasteiger partial charge < -0.3 is 14.8 Å². The zero-order chi connectivity index (χ0) is 16.0. The minimum absolute atomic E-state index is 0.0316. The van der Waals surface area contributed by atoms with Crippen molar-refractivity contribution in [3.63, 3.8) is 0 Å². The highest BCUT2D eigenvalue weighted by atomic mass is 32.2. The van der Waals surface area contributed by atoms with Crippen LogP contribution in [0.3, 0.4) is 0 Å². The molecule has 1 aliphatic heterocycles. The summed E-state index contributed by atoms with van der Waals surface area (Å²) in [6.07, 6.45) is 0.845. The summed E-state index contributed by atoms with van der Waals surface area (Å²) in [4.78, 5) is 11.7. The van der Waals surface area contributed by atoms with Crippen LogP contribution in [0.15, 0.2) is 24.3 Å². The summed E-state index contributed by atoms with van der Waals surface area (Å²) in [5.41, 5.74) is 0. The number of hydrogen-bond acceptors (Lipinski definition) is 5. The van der Waals surface area contributed by atoms with Crippen LogP contribution in [-0.4, -0.2) is 46.1 Å². The molecule has 6 nitrogen and oxygen atoms in total. The highest BCUT2D eigenvalue weighted by Gasteiger charge is 2.27. The van der Waals surface area contributed by atoms with E-state index in [4.69, 9.17) is 9.47 Å². The molecular formula is C15H21NO5S. The maximum Gasteiger partial charge on any atom is 0.223 e. The Morgan fingerprint density at radius 1 is 1.32 bits per heavy atom. The van der Waals surface area contributed by atoms with Crippen molar-refractivity contribution in [1.29, 1.82) is 0 Å². The van der Waals surface area contributed by atoms with Gasteiger partial charge in [0.05, 0.1) is 31.6 Å². The molecule has 0 aliphatic carbocycles. The Labute approximate surface area is 130 Å². The number of methoxy groups -OCH3 is 1. The Morgan fingerprint density at radius 3 is 2.68 bits per heavy atom. The Morgan fingerprint density at radius 2 is 2.05 bits per heavy atom.